The predicted molar refractivity (Wildman–Crippen MR) is 89.3 cm³/mol. The molecule has 27 heavy (non-hydrogen) atoms. The first-order valence-electron chi connectivity index (χ1n) is 8.23. The zero-order chi connectivity index (χ0) is 20.0. The van der Waals surface area contributed by atoms with Crippen molar-refractivity contribution in [1.82, 2.24) is 9.21 Å². The van der Waals surface area contributed by atoms with Gasteiger partial charge in [0.25, 0.3) is 0 Å². The summed E-state index contributed by atoms with van der Waals surface area (Å²) in [4.78, 5) is 24.2. The fraction of sp³-hybridized carbons (Fsp3) is 0.500. The zero-order valence-corrected chi connectivity index (χ0v) is 15.6. The van der Waals surface area contributed by atoms with Crippen molar-refractivity contribution in [2.75, 3.05) is 13.1 Å². The molecule has 6 nitrogen and oxygen atoms in total. The van der Waals surface area contributed by atoms with Gasteiger partial charge in [0.1, 0.15) is 4.90 Å². The number of carbonyl (C=O) groups excluding carboxylic acids is 2. The molecule has 0 aliphatic carbocycles. The van der Waals surface area contributed by atoms with E-state index in [1.54, 1.807) is 0 Å². The molecule has 2 aliphatic heterocycles. The van der Waals surface area contributed by atoms with Gasteiger partial charge in [0.2, 0.25) is 21.8 Å². The van der Waals surface area contributed by atoms with Gasteiger partial charge in [-0.3, -0.25) is 14.5 Å². The molecule has 0 atom stereocenters. The smallest absolute Gasteiger partial charge is 0.279 e. The Morgan fingerprint density at radius 2 is 1.59 bits per heavy atom. The van der Waals surface area contributed by atoms with E-state index in [0.29, 0.717) is 6.07 Å². The third-order valence-corrected chi connectivity index (χ3v) is 7.14. The third kappa shape index (κ3) is 3.83. The molecule has 2 amide bonds. The third-order valence-electron chi connectivity index (χ3n) is 4.76. The number of nitrogens with zero attached hydrogens (tertiary/aromatic N) is 2. The number of halogens is 4. The molecule has 0 radical (unpaired) electrons. The lowest BCUT2D eigenvalue weighted by molar-refractivity contribution is -0.142. The van der Waals surface area contributed by atoms with Crippen LogP contribution >= 0.6 is 11.6 Å². The Kier molecular flexibility index (Phi) is 5.26. The van der Waals surface area contributed by atoms with E-state index in [1.807, 2.05) is 0 Å². The molecule has 0 N–H and O–H groups in total. The first-order chi connectivity index (χ1) is 12.5. The van der Waals surface area contributed by atoms with E-state index < -0.39 is 32.7 Å². The van der Waals surface area contributed by atoms with Gasteiger partial charge in [0.15, 0.2) is 0 Å². The monoisotopic (exact) mass is 424 g/mol. The van der Waals surface area contributed by atoms with Gasteiger partial charge in [0, 0.05) is 32.0 Å². The van der Waals surface area contributed by atoms with Crippen molar-refractivity contribution in [2.45, 2.75) is 42.8 Å². The van der Waals surface area contributed by atoms with Gasteiger partial charge in [-0.1, -0.05) is 11.6 Å². The fourth-order valence-corrected chi connectivity index (χ4v) is 5.33. The van der Waals surface area contributed by atoms with Gasteiger partial charge >= 0.3 is 6.18 Å². The molecular formula is C16H16ClF3N2O4S. The summed E-state index contributed by atoms with van der Waals surface area (Å²) in [5.41, 5.74) is -1.10. The molecular weight excluding hydrogens is 409 g/mol. The Balaban J connectivity index is 1.80. The maximum absolute atomic E-state index is 12.9. The van der Waals surface area contributed by atoms with Crippen molar-refractivity contribution in [3.8, 4) is 0 Å². The zero-order valence-electron chi connectivity index (χ0n) is 14.0. The second-order valence-corrected chi connectivity index (χ2v) is 8.75. The second-order valence-electron chi connectivity index (χ2n) is 6.44. The number of carbonyl (C=O) groups is 2. The van der Waals surface area contributed by atoms with Crippen LogP contribution in [0.1, 0.15) is 31.2 Å². The molecule has 0 bridgehead atoms. The normalized spacial score (nSPS) is 20.5. The highest BCUT2D eigenvalue weighted by atomic mass is 35.5. The van der Waals surface area contributed by atoms with Gasteiger partial charge in [-0.2, -0.15) is 17.5 Å². The molecule has 2 heterocycles. The summed E-state index contributed by atoms with van der Waals surface area (Å²) in [5, 5.41) is -0.296. The fourth-order valence-electron chi connectivity index (χ4n) is 3.36. The van der Waals surface area contributed by atoms with Crippen molar-refractivity contribution < 1.29 is 31.2 Å². The first-order valence-corrected chi connectivity index (χ1v) is 10.1. The molecule has 0 unspecified atom stereocenters. The van der Waals surface area contributed by atoms with E-state index in [0.717, 1.165) is 16.4 Å². The number of hydrogen-bond acceptors (Lipinski definition) is 4. The van der Waals surface area contributed by atoms with Crippen LogP contribution in [-0.4, -0.2) is 48.6 Å². The lowest BCUT2D eigenvalue weighted by atomic mass is 10.1. The SMILES string of the molecule is O=C1CCC(=O)N1C1CCN(S(=O)(=O)c2cc(C(F)(F)F)ccc2Cl)CC1. The van der Waals surface area contributed by atoms with Gasteiger partial charge < -0.3 is 0 Å². The molecule has 0 saturated carbocycles. The van der Waals surface area contributed by atoms with E-state index in [1.165, 1.54) is 4.90 Å². The largest absolute Gasteiger partial charge is 0.416 e. The van der Waals surface area contributed by atoms with Crippen LogP contribution in [0.2, 0.25) is 5.02 Å². The van der Waals surface area contributed by atoms with Crippen LogP contribution in [0.4, 0.5) is 13.2 Å². The topological polar surface area (TPSA) is 74.8 Å². The number of benzene rings is 1. The average molecular weight is 425 g/mol. The molecule has 0 aromatic heterocycles. The Morgan fingerprint density at radius 3 is 2.11 bits per heavy atom. The maximum atomic E-state index is 12.9. The van der Waals surface area contributed by atoms with Crippen molar-refractivity contribution in [2.24, 2.45) is 0 Å². The second kappa shape index (κ2) is 7.06. The van der Waals surface area contributed by atoms with Crippen molar-refractivity contribution in [3.05, 3.63) is 28.8 Å². The number of piperidine rings is 1. The summed E-state index contributed by atoms with van der Waals surface area (Å²) >= 11 is 5.85. The number of likely N-dealkylation sites (tertiary alicyclic amines) is 1. The van der Waals surface area contributed by atoms with Crippen LogP contribution in [0.25, 0.3) is 0 Å². The number of imide groups is 1. The standard InChI is InChI=1S/C16H16ClF3N2O4S/c17-12-2-1-10(16(18,19)20)9-13(12)27(25,26)21-7-5-11(6-8-21)22-14(23)3-4-15(22)24/h1-2,9,11H,3-8H2. The Morgan fingerprint density at radius 1 is 1.04 bits per heavy atom. The highest BCUT2D eigenvalue weighted by Gasteiger charge is 2.40. The first kappa shape index (κ1) is 20.1. The van der Waals surface area contributed by atoms with E-state index in [-0.39, 0.29) is 55.6 Å². The van der Waals surface area contributed by atoms with Crippen LogP contribution in [0.5, 0.6) is 0 Å². The van der Waals surface area contributed by atoms with Gasteiger partial charge in [-0.05, 0) is 31.0 Å². The van der Waals surface area contributed by atoms with Crippen molar-refractivity contribution in [1.29, 1.82) is 0 Å². The van der Waals surface area contributed by atoms with Crippen LogP contribution in [0, 0.1) is 0 Å². The molecule has 2 saturated heterocycles. The summed E-state index contributed by atoms with van der Waals surface area (Å²) in [7, 11) is -4.24. The van der Waals surface area contributed by atoms with Gasteiger partial charge in [-0.25, -0.2) is 8.42 Å². The molecule has 1 aromatic rings. The number of rotatable bonds is 3. The molecule has 11 heteroatoms. The van der Waals surface area contributed by atoms with E-state index >= 15 is 0 Å². The number of sulfonamides is 1. The maximum Gasteiger partial charge on any atom is 0.416 e. The lowest BCUT2D eigenvalue weighted by Gasteiger charge is -2.35. The van der Waals surface area contributed by atoms with Crippen LogP contribution in [-0.2, 0) is 25.8 Å². The Labute approximate surface area is 158 Å². The summed E-state index contributed by atoms with van der Waals surface area (Å²) < 4.78 is 65.3. The number of amides is 2. The number of hydrogen-bond donors (Lipinski definition) is 0. The minimum Gasteiger partial charge on any atom is -0.279 e. The molecule has 2 fully saturated rings. The molecule has 0 spiro atoms. The number of alkyl halides is 3. The van der Waals surface area contributed by atoms with Crippen molar-refractivity contribution >= 4 is 33.4 Å². The van der Waals surface area contributed by atoms with E-state index in [4.69, 9.17) is 11.6 Å². The van der Waals surface area contributed by atoms with Crippen LogP contribution < -0.4 is 0 Å². The summed E-state index contributed by atoms with van der Waals surface area (Å²) in [5.74, 6) is -0.551. The predicted octanol–water partition coefficient (Wildman–Crippen LogP) is 2.66. The summed E-state index contributed by atoms with van der Waals surface area (Å²) in [6, 6.07) is 1.76. The van der Waals surface area contributed by atoms with E-state index in [9.17, 15) is 31.2 Å². The molecule has 1 aromatic carbocycles. The average Bonchev–Trinajstić information content (AvgIpc) is 2.93. The van der Waals surface area contributed by atoms with Crippen molar-refractivity contribution in [3.63, 3.8) is 0 Å². The molecule has 3 rings (SSSR count). The minimum absolute atomic E-state index is 0.0172. The summed E-state index contributed by atoms with van der Waals surface area (Å²) in [6.45, 7) is -0.0345. The van der Waals surface area contributed by atoms with E-state index in [2.05, 4.69) is 0 Å². The quantitative estimate of drug-likeness (QED) is 0.699. The van der Waals surface area contributed by atoms with Crippen LogP contribution in [0.15, 0.2) is 23.1 Å². The van der Waals surface area contributed by atoms with Crippen LogP contribution in [0.3, 0.4) is 0 Å². The Bertz CT molecular complexity index is 864. The lowest BCUT2D eigenvalue weighted by Crippen LogP contribution is -2.48. The van der Waals surface area contributed by atoms with Gasteiger partial charge in [-0.15, -0.1) is 0 Å². The minimum atomic E-state index is -4.70. The Hall–Kier alpha value is -1.65. The van der Waals surface area contributed by atoms with Gasteiger partial charge in [0.05, 0.1) is 10.6 Å². The molecule has 2 aliphatic rings. The summed E-state index contributed by atoms with van der Waals surface area (Å²) in [6.07, 6.45) is -3.94. The molecule has 148 valence electrons. The highest BCUT2D eigenvalue weighted by Crippen LogP contribution is 2.35. The highest BCUT2D eigenvalue weighted by molar-refractivity contribution is 7.89.